The van der Waals surface area contributed by atoms with E-state index in [2.05, 4.69) is 86.8 Å². The SMILES string of the molecule is CC/C=C\C/C=C\C/C=C\C/C=C\C/C=C\CCCCCCCCCCCC(=O)OC(COCCCCCCCC/C=C\CCCC)COP(=O)(O)OCCN. The molecule has 0 aliphatic heterocycles. The maximum atomic E-state index is 12.6. The highest BCUT2D eigenvalue weighted by atomic mass is 31.2. The van der Waals surface area contributed by atoms with Gasteiger partial charge in [-0.15, -0.1) is 0 Å². The van der Waals surface area contributed by atoms with Gasteiger partial charge in [-0.05, 0) is 77.0 Å². The van der Waals surface area contributed by atoms with Gasteiger partial charge in [0.2, 0.25) is 0 Å². The molecule has 0 aromatic carbocycles. The molecule has 2 atom stereocenters. The van der Waals surface area contributed by atoms with Crippen LogP contribution in [0, 0.1) is 0 Å². The molecule has 0 radical (unpaired) electrons. The standard InChI is InChI=1S/C47H84NO7P/c1-3-5-7-9-11-13-15-17-18-19-20-21-22-23-24-25-26-27-28-29-30-32-34-36-38-40-47(49)55-46(45-54-56(50,51)53-43-41-48)44-52-42-39-37-35-33-31-16-14-12-10-8-6-4-2/h5,7,10-13,17-18,20-21,23-24,46H,3-4,6,8-9,14-16,19,22,25-45,48H2,1-2H3,(H,50,51)/b7-5-,12-10-,13-11-,18-17-,21-20-,24-23-. The van der Waals surface area contributed by atoms with Gasteiger partial charge in [-0.3, -0.25) is 13.8 Å². The van der Waals surface area contributed by atoms with Crippen molar-refractivity contribution < 1.29 is 32.8 Å². The third-order valence-corrected chi connectivity index (χ3v) is 10.1. The van der Waals surface area contributed by atoms with E-state index in [0.29, 0.717) is 13.0 Å². The summed E-state index contributed by atoms with van der Waals surface area (Å²) in [5.41, 5.74) is 5.37. The normalized spacial score (nSPS) is 14.1. The summed E-state index contributed by atoms with van der Waals surface area (Å²) in [5.74, 6) is -0.342. The van der Waals surface area contributed by atoms with Crippen molar-refractivity contribution in [2.24, 2.45) is 5.73 Å². The largest absolute Gasteiger partial charge is 0.472 e. The van der Waals surface area contributed by atoms with Gasteiger partial charge in [-0.1, -0.05) is 170 Å². The van der Waals surface area contributed by atoms with Gasteiger partial charge in [-0.2, -0.15) is 0 Å². The third-order valence-electron chi connectivity index (χ3n) is 9.11. The summed E-state index contributed by atoms with van der Waals surface area (Å²) in [5, 5.41) is 0. The molecule has 0 rings (SSSR count). The molecule has 0 bridgehead atoms. The van der Waals surface area contributed by atoms with Gasteiger partial charge in [0.25, 0.3) is 0 Å². The lowest BCUT2D eigenvalue weighted by molar-refractivity contribution is -0.154. The van der Waals surface area contributed by atoms with Crippen molar-refractivity contribution in [3.8, 4) is 0 Å². The molecule has 0 fully saturated rings. The van der Waals surface area contributed by atoms with Gasteiger partial charge in [0.15, 0.2) is 0 Å². The van der Waals surface area contributed by atoms with Crippen LogP contribution in [0.3, 0.4) is 0 Å². The minimum atomic E-state index is -4.28. The molecule has 0 amide bonds. The summed E-state index contributed by atoms with van der Waals surface area (Å²) in [6.45, 7) is 4.74. The lowest BCUT2D eigenvalue weighted by Crippen LogP contribution is -2.28. The van der Waals surface area contributed by atoms with E-state index in [0.717, 1.165) is 70.6 Å². The molecule has 2 unspecified atom stereocenters. The predicted octanol–water partition coefficient (Wildman–Crippen LogP) is 13.5. The Labute approximate surface area is 344 Å². The van der Waals surface area contributed by atoms with Gasteiger partial charge >= 0.3 is 13.8 Å². The van der Waals surface area contributed by atoms with Crippen LogP contribution in [0.4, 0.5) is 0 Å². The average molecular weight is 806 g/mol. The number of hydrogen-bond acceptors (Lipinski definition) is 7. The summed E-state index contributed by atoms with van der Waals surface area (Å²) in [7, 11) is -4.28. The zero-order valence-electron chi connectivity index (χ0n) is 35.8. The van der Waals surface area contributed by atoms with Gasteiger partial charge < -0.3 is 20.1 Å². The van der Waals surface area contributed by atoms with Crippen molar-refractivity contribution in [1.29, 1.82) is 0 Å². The van der Waals surface area contributed by atoms with Crippen molar-refractivity contribution in [3.05, 3.63) is 72.9 Å². The second-order valence-electron chi connectivity index (χ2n) is 14.5. The number of allylic oxidation sites excluding steroid dienone is 12. The molecule has 0 aliphatic rings. The molecule has 0 saturated carbocycles. The molecule has 0 aromatic rings. The zero-order chi connectivity index (χ0) is 40.9. The van der Waals surface area contributed by atoms with E-state index < -0.39 is 13.9 Å². The van der Waals surface area contributed by atoms with Gasteiger partial charge in [-0.25, -0.2) is 4.57 Å². The molecule has 3 N–H and O–H groups in total. The maximum absolute atomic E-state index is 12.6. The predicted molar refractivity (Wildman–Crippen MR) is 238 cm³/mol. The number of esters is 1. The molecule has 0 spiro atoms. The first-order valence-electron chi connectivity index (χ1n) is 22.4. The molecule has 56 heavy (non-hydrogen) atoms. The molecule has 8 nitrogen and oxygen atoms in total. The van der Waals surface area contributed by atoms with Crippen molar-refractivity contribution >= 4 is 13.8 Å². The first-order chi connectivity index (χ1) is 27.4. The second kappa shape index (κ2) is 44.1. The fourth-order valence-corrected chi connectivity index (χ4v) is 6.59. The summed E-state index contributed by atoms with van der Waals surface area (Å²) in [4.78, 5) is 22.5. The molecular weight excluding hydrogens is 721 g/mol. The number of phosphoric acid groups is 1. The van der Waals surface area contributed by atoms with Crippen molar-refractivity contribution in [2.75, 3.05) is 33.0 Å². The van der Waals surface area contributed by atoms with Crippen LogP contribution in [-0.4, -0.2) is 49.9 Å². The van der Waals surface area contributed by atoms with E-state index in [9.17, 15) is 14.3 Å². The molecule has 0 heterocycles. The van der Waals surface area contributed by atoms with E-state index >= 15 is 0 Å². The summed E-state index contributed by atoms with van der Waals surface area (Å²) < 4.78 is 33.4. The number of ether oxygens (including phenoxy) is 2. The minimum absolute atomic E-state index is 0.0952. The molecule has 324 valence electrons. The highest BCUT2D eigenvalue weighted by molar-refractivity contribution is 7.47. The van der Waals surface area contributed by atoms with Crippen LogP contribution in [0.1, 0.15) is 181 Å². The number of nitrogens with two attached hydrogens (primary N) is 1. The Balaban J connectivity index is 3.99. The van der Waals surface area contributed by atoms with Crippen LogP contribution in [0.15, 0.2) is 72.9 Å². The van der Waals surface area contributed by atoms with Crippen LogP contribution >= 0.6 is 7.82 Å². The van der Waals surface area contributed by atoms with Crippen molar-refractivity contribution in [3.63, 3.8) is 0 Å². The molecule has 9 heteroatoms. The van der Waals surface area contributed by atoms with Crippen LogP contribution in [0.25, 0.3) is 0 Å². The minimum Gasteiger partial charge on any atom is -0.457 e. The molecular formula is C47H84NO7P. The Bertz CT molecular complexity index is 1080. The Morgan fingerprint density at radius 2 is 1.00 bits per heavy atom. The zero-order valence-corrected chi connectivity index (χ0v) is 36.7. The van der Waals surface area contributed by atoms with E-state index in [1.165, 1.54) is 89.9 Å². The van der Waals surface area contributed by atoms with Crippen molar-refractivity contribution in [2.45, 2.75) is 187 Å². The van der Waals surface area contributed by atoms with Gasteiger partial charge in [0.05, 0.1) is 19.8 Å². The van der Waals surface area contributed by atoms with Crippen molar-refractivity contribution in [1.82, 2.24) is 0 Å². The van der Waals surface area contributed by atoms with E-state index in [1.807, 2.05) is 0 Å². The summed E-state index contributed by atoms with van der Waals surface area (Å²) in [6.07, 6.45) is 54.9. The lowest BCUT2D eigenvalue weighted by atomic mass is 10.1. The second-order valence-corrected chi connectivity index (χ2v) is 16.0. The monoisotopic (exact) mass is 806 g/mol. The highest BCUT2D eigenvalue weighted by Gasteiger charge is 2.25. The number of hydrogen-bond donors (Lipinski definition) is 2. The maximum Gasteiger partial charge on any atom is 0.472 e. The first-order valence-corrected chi connectivity index (χ1v) is 23.9. The number of carbonyl (C=O) groups excluding carboxylic acids is 1. The van der Waals surface area contributed by atoms with Gasteiger partial charge in [0, 0.05) is 19.6 Å². The molecule has 0 aliphatic carbocycles. The Morgan fingerprint density at radius 1 is 0.554 bits per heavy atom. The number of rotatable bonds is 42. The quantitative estimate of drug-likeness (QED) is 0.0271. The van der Waals surface area contributed by atoms with Crippen LogP contribution in [0.5, 0.6) is 0 Å². The van der Waals surface area contributed by atoms with Crippen LogP contribution < -0.4 is 5.73 Å². The van der Waals surface area contributed by atoms with E-state index in [4.69, 9.17) is 24.3 Å². The molecule has 0 aromatic heterocycles. The van der Waals surface area contributed by atoms with Crippen LogP contribution in [-0.2, 0) is 27.9 Å². The Kier molecular flexibility index (Phi) is 42.4. The lowest BCUT2D eigenvalue weighted by Gasteiger charge is -2.20. The van der Waals surface area contributed by atoms with E-state index in [-0.39, 0.29) is 32.3 Å². The fraction of sp³-hybridized carbons (Fsp3) is 0.723. The Morgan fingerprint density at radius 3 is 1.52 bits per heavy atom. The smallest absolute Gasteiger partial charge is 0.457 e. The van der Waals surface area contributed by atoms with E-state index in [1.54, 1.807) is 0 Å². The summed E-state index contributed by atoms with van der Waals surface area (Å²) in [6, 6.07) is 0. The highest BCUT2D eigenvalue weighted by Crippen LogP contribution is 2.43. The fourth-order valence-electron chi connectivity index (χ4n) is 5.83. The number of unbranched alkanes of at least 4 members (excludes halogenated alkanes) is 17. The topological polar surface area (TPSA) is 117 Å². The van der Waals surface area contributed by atoms with Crippen LogP contribution in [0.2, 0.25) is 0 Å². The number of carbonyl (C=O) groups is 1. The molecule has 0 saturated heterocycles. The number of phosphoric ester groups is 1. The third kappa shape index (κ3) is 43.1. The summed E-state index contributed by atoms with van der Waals surface area (Å²) >= 11 is 0. The first kappa shape index (κ1) is 53.9. The van der Waals surface area contributed by atoms with Gasteiger partial charge in [0.1, 0.15) is 6.10 Å². The average Bonchev–Trinajstić information content (AvgIpc) is 3.19. The Hall–Kier alpha value is -2.06.